The number of amides is 1. The van der Waals surface area contributed by atoms with Crippen molar-refractivity contribution in [2.45, 2.75) is 6.92 Å². The topological polar surface area (TPSA) is 75.7 Å². The zero-order valence-electron chi connectivity index (χ0n) is 14.7. The number of nitrogens with zero attached hydrogens (tertiary/aromatic N) is 4. The van der Waals surface area contributed by atoms with E-state index in [1.807, 2.05) is 55.5 Å². The van der Waals surface area contributed by atoms with Crippen LogP contribution < -0.4 is 0 Å². The third-order valence-corrected chi connectivity index (χ3v) is 3.82. The highest BCUT2D eigenvalue weighted by molar-refractivity contribution is 6.19. The van der Waals surface area contributed by atoms with Crippen LogP contribution in [0.25, 0.3) is 0 Å². The van der Waals surface area contributed by atoms with E-state index in [2.05, 4.69) is 20.0 Å². The Labute approximate surface area is 156 Å². The van der Waals surface area contributed by atoms with Gasteiger partial charge in [0.05, 0.1) is 40.8 Å². The van der Waals surface area contributed by atoms with E-state index in [0.717, 1.165) is 28.5 Å². The van der Waals surface area contributed by atoms with Crippen molar-refractivity contribution in [2.75, 3.05) is 6.61 Å². The van der Waals surface area contributed by atoms with Gasteiger partial charge in [-0.2, -0.15) is 0 Å². The van der Waals surface area contributed by atoms with Crippen LogP contribution in [-0.4, -0.2) is 35.5 Å². The lowest BCUT2D eigenvalue weighted by molar-refractivity contribution is -0.113. The molecule has 0 spiro atoms. The lowest BCUT2D eigenvalue weighted by Crippen LogP contribution is -1.97. The molecule has 6 nitrogen and oxygen atoms in total. The van der Waals surface area contributed by atoms with Gasteiger partial charge in [-0.3, -0.25) is 4.79 Å². The van der Waals surface area contributed by atoms with Gasteiger partial charge in [-0.25, -0.2) is 20.0 Å². The van der Waals surface area contributed by atoms with Crippen molar-refractivity contribution in [3.8, 4) is 0 Å². The molecule has 0 radical (unpaired) electrons. The minimum Gasteiger partial charge on any atom is -0.478 e. The van der Waals surface area contributed by atoms with Gasteiger partial charge in [0.1, 0.15) is 0 Å². The Bertz CT molecular complexity index is 1040. The van der Waals surface area contributed by atoms with Crippen LogP contribution in [0.15, 0.2) is 104 Å². The van der Waals surface area contributed by atoms with Crippen molar-refractivity contribution >= 4 is 28.9 Å². The highest BCUT2D eigenvalue weighted by Crippen LogP contribution is 2.17. The number of rotatable bonds is 4. The SMILES string of the molecule is CCOC1=NC(=CC2=NC(=CC3=NC(=CC4=NC(=O)C=C4)C=C3)C=C2)C=C1. The van der Waals surface area contributed by atoms with Gasteiger partial charge < -0.3 is 4.74 Å². The summed E-state index contributed by atoms with van der Waals surface area (Å²) < 4.78 is 5.36. The van der Waals surface area contributed by atoms with Crippen LogP contribution in [0.1, 0.15) is 6.92 Å². The fourth-order valence-corrected chi connectivity index (χ4v) is 2.67. The molecule has 0 N–H and O–H groups in total. The molecule has 0 atom stereocenters. The molecule has 0 saturated carbocycles. The van der Waals surface area contributed by atoms with Crippen LogP contribution in [0.5, 0.6) is 0 Å². The van der Waals surface area contributed by atoms with E-state index >= 15 is 0 Å². The number of hydrogen-bond acceptors (Lipinski definition) is 5. The predicted molar refractivity (Wildman–Crippen MR) is 107 cm³/mol. The first-order valence-corrected chi connectivity index (χ1v) is 8.57. The number of carbonyl (C=O) groups excluding carboxylic acids is 1. The van der Waals surface area contributed by atoms with Crippen molar-refractivity contribution in [1.29, 1.82) is 0 Å². The van der Waals surface area contributed by atoms with E-state index in [9.17, 15) is 4.79 Å². The second kappa shape index (κ2) is 7.29. The highest BCUT2D eigenvalue weighted by atomic mass is 16.5. The smallest absolute Gasteiger partial charge is 0.270 e. The average molecular weight is 356 g/mol. The lowest BCUT2D eigenvalue weighted by Gasteiger charge is -1.96. The van der Waals surface area contributed by atoms with Crippen LogP contribution in [0.2, 0.25) is 0 Å². The van der Waals surface area contributed by atoms with E-state index < -0.39 is 0 Å². The van der Waals surface area contributed by atoms with Crippen molar-refractivity contribution < 1.29 is 9.53 Å². The molecule has 4 aliphatic rings. The fourth-order valence-electron chi connectivity index (χ4n) is 2.67. The number of hydrogen-bond donors (Lipinski definition) is 0. The third-order valence-electron chi connectivity index (χ3n) is 3.82. The Balaban J connectivity index is 1.46. The summed E-state index contributed by atoms with van der Waals surface area (Å²) in [6, 6.07) is 0. The summed E-state index contributed by atoms with van der Waals surface area (Å²) in [5.41, 5.74) is 4.61. The van der Waals surface area contributed by atoms with E-state index in [-0.39, 0.29) is 5.91 Å². The van der Waals surface area contributed by atoms with Crippen molar-refractivity contribution in [1.82, 2.24) is 0 Å². The number of ether oxygens (including phenoxy) is 1. The summed E-state index contributed by atoms with van der Waals surface area (Å²) in [4.78, 5) is 28.4. The molecule has 6 heteroatoms. The summed E-state index contributed by atoms with van der Waals surface area (Å²) in [5.74, 6) is 0.382. The molecule has 4 heterocycles. The van der Waals surface area contributed by atoms with Gasteiger partial charge in [-0.1, -0.05) is 0 Å². The zero-order valence-corrected chi connectivity index (χ0v) is 14.7. The monoisotopic (exact) mass is 356 g/mol. The molecule has 4 aliphatic heterocycles. The summed E-state index contributed by atoms with van der Waals surface area (Å²) in [6.07, 6.45) is 20.1. The van der Waals surface area contributed by atoms with Gasteiger partial charge in [0.25, 0.3) is 5.91 Å². The maximum Gasteiger partial charge on any atom is 0.270 e. The fraction of sp³-hybridized carbons (Fsp3) is 0.0952. The Morgan fingerprint density at radius 3 is 1.78 bits per heavy atom. The van der Waals surface area contributed by atoms with Gasteiger partial charge in [0.2, 0.25) is 5.90 Å². The van der Waals surface area contributed by atoms with Gasteiger partial charge >= 0.3 is 0 Å². The van der Waals surface area contributed by atoms with E-state index in [1.165, 1.54) is 6.08 Å². The zero-order chi connectivity index (χ0) is 18.6. The van der Waals surface area contributed by atoms with E-state index in [4.69, 9.17) is 4.74 Å². The third kappa shape index (κ3) is 4.12. The quantitative estimate of drug-likeness (QED) is 0.776. The Morgan fingerprint density at radius 2 is 1.22 bits per heavy atom. The predicted octanol–water partition coefficient (Wildman–Crippen LogP) is 3.20. The van der Waals surface area contributed by atoms with Crippen LogP contribution in [0, 0.1) is 0 Å². The van der Waals surface area contributed by atoms with E-state index in [0.29, 0.717) is 18.2 Å². The molecule has 0 aromatic rings. The minimum absolute atomic E-state index is 0.239. The first kappa shape index (κ1) is 16.8. The average Bonchev–Trinajstić information content (AvgIpc) is 3.41. The summed E-state index contributed by atoms with van der Waals surface area (Å²) in [6.45, 7) is 2.52. The Hall–Kier alpha value is -3.67. The van der Waals surface area contributed by atoms with Crippen molar-refractivity contribution in [3.05, 3.63) is 83.9 Å². The standard InChI is InChI=1S/C21H16N4O2/c1-2-27-21-10-8-19(25-21)13-17-6-4-15(23-17)11-14-3-5-16(22-14)12-18-7-9-20(26)24-18/h3-13H,2H2,1H3. The first-order valence-electron chi connectivity index (χ1n) is 8.57. The van der Waals surface area contributed by atoms with Crippen LogP contribution in [0.3, 0.4) is 0 Å². The van der Waals surface area contributed by atoms with E-state index in [1.54, 1.807) is 12.2 Å². The maximum atomic E-state index is 11.1. The molecule has 1 amide bonds. The van der Waals surface area contributed by atoms with Gasteiger partial charge in [0, 0.05) is 12.2 Å². The lowest BCUT2D eigenvalue weighted by atomic mass is 10.2. The molecule has 0 fully saturated rings. The molecular formula is C21H16N4O2. The van der Waals surface area contributed by atoms with Gasteiger partial charge in [-0.05, 0) is 61.6 Å². The molecule has 0 bridgehead atoms. The summed E-state index contributed by atoms with van der Waals surface area (Å²) in [7, 11) is 0. The molecule has 0 aromatic carbocycles. The molecule has 0 aromatic heterocycles. The van der Waals surface area contributed by atoms with Gasteiger partial charge in [0.15, 0.2) is 0 Å². The van der Waals surface area contributed by atoms with Crippen LogP contribution in [0.4, 0.5) is 0 Å². The first-order chi connectivity index (χ1) is 13.2. The highest BCUT2D eigenvalue weighted by Gasteiger charge is 2.10. The summed E-state index contributed by atoms with van der Waals surface area (Å²) in [5, 5.41) is 0. The number of aliphatic imine (C=N–C) groups is 4. The second-order valence-corrected chi connectivity index (χ2v) is 5.87. The maximum absolute atomic E-state index is 11.1. The second-order valence-electron chi connectivity index (χ2n) is 5.87. The molecule has 4 rings (SSSR count). The van der Waals surface area contributed by atoms with Crippen molar-refractivity contribution in [2.24, 2.45) is 20.0 Å². The molecule has 132 valence electrons. The number of allylic oxidation sites excluding steroid dienone is 9. The van der Waals surface area contributed by atoms with Crippen molar-refractivity contribution in [3.63, 3.8) is 0 Å². The largest absolute Gasteiger partial charge is 0.478 e. The van der Waals surface area contributed by atoms with Gasteiger partial charge in [-0.15, -0.1) is 0 Å². The summed E-state index contributed by atoms with van der Waals surface area (Å²) >= 11 is 0. The minimum atomic E-state index is -0.239. The Kier molecular flexibility index (Phi) is 4.53. The molecule has 0 saturated heterocycles. The molecule has 0 aliphatic carbocycles. The molecular weight excluding hydrogens is 340 g/mol. The molecule has 0 unspecified atom stereocenters. The van der Waals surface area contributed by atoms with Crippen LogP contribution in [-0.2, 0) is 9.53 Å². The van der Waals surface area contributed by atoms with Crippen LogP contribution >= 0.6 is 0 Å². The molecule has 27 heavy (non-hydrogen) atoms. The normalized spacial score (nSPS) is 24.5. The number of carbonyl (C=O) groups is 1. The Morgan fingerprint density at radius 1 is 0.704 bits per heavy atom.